The van der Waals surface area contributed by atoms with E-state index in [-0.39, 0.29) is 30.4 Å². The highest BCUT2D eigenvalue weighted by Crippen LogP contribution is 2.05. The number of methoxy groups -OCH3 is 2. The van der Waals surface area contributed by atoms with Gasteiger partial charge in [-0.25, -0.2) is 0 Å². The lowest BCUT2D eigenvalue weighted by atomic mass is 10.1. The van der Waals surface area contributed by atoms with E-state index >= 15 is 0 Å². The first kappa shape index (κ1) is 15.9. The highest BCUT2D eigenvalue weighted by atomic mass is 16.5. The molecule has 2 amide bonds. The maximum atomic E-state index is 12.4. The minimum atomic E-state index is -0.381. The van der Waals surface area contributed by atoms with Gasteiger partial charge in [0.15, 0.2) is 0 Å². The molecule has 0 aromatic rings. The number of carbonyl (C=O) groups excluding carboxylic acids is 2. The fraction of sp³-hybridized carbons (Fsp3) is 0.833. The SMILES string of the molecule is COCCN(C(=O)C1CNC(=O)CN1)C(C)COC. The average molecular weight is 273 g/mol. The molecule has 0 spiro atoms. The Morgan fingerprint density at radius 3 is 2.74 bits per heavy atom. The van der Waals surface area contributed by atoms with Gasteiger partial charge in [-0.3, -0.25) is 14.9 Å². The minimum Gasteiger partial charge on any atom is -0.383 e. The standard InChI is InChI=1S/C12H23N3O4/c1-9(8-19-3)15(4-5-18-2)12(17)10-6-14-11(16)7-13-10/h9-10,13H,4-8H2,1-3H3,(H,14,16). The summed E-state index contributed by atoms with van der Waals surface area (Å²) in [7, 11) is 3.21. The Bertz CT molecular complexity index is 301. The van der Waals surface area contributed by atoms with Gasteiger partial charge in [0.2, 0.25) is 11.8 Å². The number of rotatable bonds is 7. The Kier molecular flexibility index (Phi) is 6.75. The lowest BCUT2D eigenvalue weighted by Gasteiger charge is -2.33. The first-order valence-electron chi connectivity index (χ1n) is 6.38. The second-order valence-corrected chi connectivity index (χ2v) is 4.57. The van der Waals surface area contributed by atoms with Crippen LogP contribution in [0.4, 0.5) is 0 Å². The summed E-state index contributed by atoms with van der Waals surface area (Å²) >= 11 is 0. The highest BCUT2D eigenvalue weighted by molar-refractivity contribution is 5.87. The van der Waals surface area contributed by atoms with Gasteiger partial charge in [-0.2, -0.15) is 0 Å². The molecule has 0 aliphatic carbocycles. The summed E-state index contributed by atoms with van der Waals surface area (Å²) in [5, 5.41) is 5.62. The van der Waals surface area contributed by atoms with E-state index in [9.17, 15) is 9.59 Å². The van der Waals surface area contributed by atoms with Crippen molar-refractivity contribution in [2.24, 2.45) is 0 Å². The third kappa shape index (κ3) is 4.77. The molecule has 2 unspecified atom stereocenters. The number of nitrogens with one attached hydrogen (secondary N) is 2. The number of ether oxygens (including phenoxy) is 2. The summed E-state index contributed by atoms with van der Waals surface area (Å²) in [6, 6.07) is -0.416. The number of carbonyl (C=O) groups is 2. The quantitative estimate of drug-likeness (QED) is 0.595. The van der Waals surface area contributed by atoms with Gasteiger partial charge in [0.1, 0.15) is 6.04 Å². The smallest absolute Gasteiger partial charge is 0.241 e. The van der Waals surface area contributed by atoms with Crippen LogP contribution in [0, 0.1) is 0 Å². The lowest BCUT2D eigenvalue weighted by molar-refractivity contribution is -0.138. The van der Waals surface area contributed by atoms with Crippen molar-refractivity contribution in [2.75, 3.05) is 47.1 Å². The molecule has 2 N–H and O–H groups in total. The molecule has 1 aliphatic heterocycles. The highest BCUT2D eigenvalue weighted by Gasteiger charge is 2.30. The maximum Gasteiger partial charge on any atom is 0.241 e. The molecule has 0 saturated carbocycles. The molecule has 1 heterocycles. The van der Waals surface area contributed by atoms with Crippen molar-refractivity contribution in [2.45, 2.75) is 19.0 Å². The van der Waals surface area contributed by atoms with Crippen molar-refractivity contribution in [3.05, 3.63) is 0 Å². The van der Waals surface area contributed by atoms with E-state index in [1.807, 2.05) is 6.92 Å². The Labute approximate surface area is 113 Å². The van der Waals surface area contributed by atoms with E-state index in [1.54, 1.807) is 19.1 Å². The van der Waals surface area contributed by atoms with Crippen LogP contribution in [-0.2, 0) is 19.1 Å². The molecule has 7 nitrogen and oxygen atoms in total. The number of piperazine rings is 1. The predicted molar refractivity (Wildman–Crippen MR) is 69.7 cm³/mol. The summed E-state index contributed by atoms with van der Waals surface area (Å²) in [5.74, 6) is -0.126. The van der Waals surface area contributed by atoms with Gasteiger partial charge in [-0.1, -0.05) is 0 Å². The van der Waals surface area contributed by atoms with Crippen LogP contribution in [0.25, 0.3) is 0 Å². The monoisotopic (exact) mass is 273 g/mol. The molecule has 0 radical (unpaired) electrons. The summed E-state index contributed by atoms with van der Waals surface area (Å²) < 4.78 is 10.1. The molecule has 2 atom stereocenters. The molecule has 1 fully saturated rings. The molecule has 1 aliphatic rings. The third-order valence-corrected chi connectivity index (χ3v) is 3.07. The van der Waals surface area contributed by atoms with Crippen molar-refractivity contribution in [3.63, 3.8) is 0 Å². The van der Waals surface area contributed by atoms with Crippen LogP contribution in [0.2, 0.25) is 0 Å². The van der Waals surface area contributed by atoms with Crippen molar-refractivity contribution >= 4 is 11.8 Å². The Balaban J connectivity index is 2.61. The van der Waals surface area contributed by atoms with E-state index in [2.05, 4.69) is 10.6 Å². The average Bonchev–Trinajstić information content (AvgIpc) is 2.40. The van der Waals surface area contributed by atoms with Crippen LogP contribution >= 0.6 is 0 Å². The van der Waals surface area contributed by atoms with E-state index < -0.39 is 0 Å². The zero-order valence-corrected chi connectivity index (χ0v) is 11.8. The van der Waals surface area contributed by atoms with E-state index in [0.717, 1.165) is 0 Å². The second kappa shape index (κ2) is 8.08. The molecule has 0 bridgehead atoms. The second-order valence-electron chi connectivity index (χ2n) is 4.57. The minimum absolute atomic E-state index is 0.0351. The first-order chi connectivity index (χ1) is 9.10. The molecule has 7 heteroatoms. The zero-order valence-electron chi connectivity index (χ0n) is 11.8. The molecule has 0 aromatic heterocycles. The molecular formula is C12H23N3O4. The molecule has 1 rings (SSSR count). The van der Waals surface area contributed by atoms with Crippen LogP contribution in [0.1, 0.15) is 6.92 Å². The normalized spacial score (nSPS) is 20.8. The van der Waals surface area contributed by atoms with Gasteiger partial charge in [0.25, 0.3) is 0 Å². The van der Waals surface area contributed by atoms with E-state index in [0.29, 0.717) is 26.3 Å². The van der Waals surface area contributed by atoms with Crippen LogP contribution in [-0.4, -0.2) is 75.9 Å². The maximum absolute atomic E-state index is 12.4. The van der Waals surface area contributed by atoms with Crippen LogP contribution in [0.15, 0.2) is 0 Å². The molecule has 19 heavy (non-hydrogen) atoms. The van der Waals surface area contributed by atoms with Crippen molar-refractivity contribution in [1.82, 2.24) is 15.5 Å². The topological polar surface area (TPSA) is 79.9 Å². The van der Waals surface area contributed by atoms with Gasteiger partial charge < -0.3 is 19.7 Å². The van der Waals surface area contributed by atoms with Crippen molar-refractivity contribution in [1.29, 1.82) is 0 Å². The fourth-order valence-electron chi connectivity index (χ4n) is 2.01. The number of amides is 2. The van der Waals surface area contributed by atoms with Crippen LogP contribution in [0.5, 0.6) is 0 Å². The van der Waals surface area contributed by atoms with Crippen LogP contribution < -0.4 is 10.6 Å². The predicted octanol–water partition coefficient (Wildman–Crippen LogP) is -1.42. The van der Waals surface area contributed by atoms with Gasteiger partial charge in [-0.05, 0) is 6.92 Å². The largest absolute Gasteiger partial charge is 0.383 e. The number of hydrogen-bond acceptors (Lipinski definition) is 5. The van der Waals surface area contributed by atoms with E-state index in [4.69, 9.17) is 9.47 Å². The van der Waals surface area contributed by atoms with Crippen LogP contribution in [0.3, 0.4) is 0 Å². The number of nitrogens with zero attached hydrogens (tertiary/aromatic N) is 1. The Hall–Kier alpha value is -1.18. The van der Waals surface area contributed by atoms with Gasteiger partial charge in [0, 0.05) is 27.3 Å². The summed E-state index contributed by atoms with van der Waals surface area (Å²) in [6.07, 6.45) is 0. The van der Waals surface area contributed by atoms with Gasteiger partial charge >= 0.3 is 0 Å². The summed E-state index contributed by atoms with van der Waals surface area (Å²) in [6.45, 7) is 3.87. The molecule has 110 valence electrons. The lowest BCUT2D eigenvalue weighted by Crippen LogP contribution is -2.60. The van der Waals surface area contributed by atoms with Gasteiger partial charge in [0.05, 0.1) is 25.8 Å². The zero-order chi connectivity index (χ0) is 14.3. The molecule has 0 aromatic carbocycles. The van der Waals surface area contributed by atoms with Crippen molar-refractivity contribution < 1.29 is 19.1 Å². The third-order valence-electron chi connectivity index (χ3n) is 3.07. The van der Waals surface area contributed by atoms with Gasteiger partial charge in [-0.15, -0.1) is 0 Å². The molecular weight excluding hydrogens is 250 g/mol. The summed E-state index contributed by atoms with van der Waals surface area (Å²) in [4.78, 5) is 25.2. The number of hydrogen-bond donors (Lipinski definition) is 2. The summed E-state index contributed by atoms with van der Waals surface area (Å²) in [5.41, 5.74) is 0. The Morgan fingerprint density at radius 2 is 2.21 bits per heavy atom. The molecule has 1 saturated heterocycles. The fourth-order valence-corrected chi connectivity index (χ4v) is 2.01. The first-order valence-corrected chi connectivity index (χ1v) is 6.38. The Morgan fingerprint density at radius 1 is 1.47 bits per heavy atom. The van der Waals surface area contributed by atoms with E-state index in [1.165, 1.54) is 0 Å². The van der Waals surface area contributed by atoms with Crippen molar-refractivity contribution in [3.8, 4) is 0 Å².